The highest BCUT2D eigenvalue weighted by Gasteiger charge is 2.10. The Labute approximate surface area is 107 Å². The van der Waals surface area contributed by atoms with Crippen LogP contribution in [-0.4, -0.2) is 19.7 Å². The summed E-state index contributed by atoms with van der Waals surface area (Å²) in [6, 6.07) is 3.68. The van der Waals surface area contributed by atoms with E-state index >= 15 is 0 Å². The Hall–Kier alpha value is -1.42. The zero-order valence-electron chi connectivity index (χ0n) is 11.0. The lowest BCUT2D eigenvalue weighted by Gasteiger charge is -2.12. The van der Waals surface area contributed by atoms with Crippen LogP contribution in [0.25, 0.3) is 6.08 Å². The smallest absolute Gasteiger partial charge is 0.387 e. The van der Waals surface area contributed by atoms with Gasteiger partial charge >= 0.3 is 6.61 Å². The van der Waals surface area contributed by atoms with Crippen molar-refractivity contribution in [1.29, 1.82) is 0 Å². The van der Waals surface area contributed by atoms with Gasteiger partial charge in [0.25, 0.3) is 0 Å². The van der Waals surface area contributed by atoms with Crippen LogP contribution in [0.4, 0.5) is 8.78 Å². The molecule has 4 heteroatoms. The van der Waals surface area contributed by atoms with Crippen molar-refractivity contribution in [2.24, 2.45) is 0 Å². The third-order valence-electron chi connectivity index (χ3n) is 2.51. The van der Waals surface area contributed by atoms with E-state index < -0.39 is 6.61 Å². The van der Waals surface area contributed by atoms with E-state index in [1.54, 1.807) is 13.8 Å². The van der Waals surface area contributed by atoms with Crippen LogP contribution in [0.15, 0.2) is 18.2 Å². The van der Waals surface area contributed by atoms with Crippen LogP contribution in [0.1, 0.15) is 23.6 Å². The van der Waals surface area contributed by atoms with Gasteiger partial charge in [0.2, 0.25) is 0 Å². The van der Waals surface area contributed by atoms with E-state index in [1.807, 2.05) is 31.2 Å². The molecule has 1 aromatic rings. The van der Waals surface area contributed by atoms with Crippen molar-refractivity contribution in [3.63, 3.8) is 0 Å². The van der Waals surface area contributed by atoms with Gasteiger partial charge in [-0.3, -0.25) is 0 Å². The fourth-order valence-corrected chi connectivity index (χ4v) is 1.78. The van der Waals surface area contributed by atoms with Gasteiger partial charge in [-0.25, -0.2) is 0 Å². The molecule has 0 amide bonds. The Morgan fingerprint density at radius 2 is 1.89 bits per heavy atom. The van der Waals surface area contributed by atoms with Crippen molar-refractivity contribution >= 4 is 6.08 Å². The van der Waals surface area contributed by atoms with Crippen LogP contribution in [0.2, 0.25) is 0 Å². The van der Waals surface area contributed by atoms with Gasteiger partial charge in [0.1, 0.15) is 5.75 Å². The van der Waals surface area contributed by atoms with Crippen molar-refractivity contribution < 1.29 is 13.5 Å². The van der Waals surface area contributed by atoms with E-state index in [1.165, 1.54) is 0 Å². The molecule has 1 rings (SSSR count). The number of hydrogen-bond donors (Lipinski definition) is 1. The molecule has 18 heavy (non-hydrogen) atoms. The molecule has 0 saturated carbocycles. The maximum atomic E-state index is 12.2. The fourth-order valence-electron chi connectivity index (χ4n) is 1.78. The van der Waals surface area contributed by atoms with Crippen molar-refractivity contribution in [2.45, 2.75) is 27.4 Å². The summed E-state index contributed by atoms with van der Waals surface area (Å²) in [6.45, 7) is 4.52. The minimum absolute atomic E-state index is 0.272. The molecule has 0 bridgehead atoms. The van der Waals surface area contributed by atoms with Gasteiger partial charge in [-0.15, -0.1) is 0 Å². The van der Waals surface area contributed by atoms with Gasteiger partial charge in [-0.2, -0.15) is 8.78 Å². The minimum atomic E-state index is -2.78. The molecule has 0 fully saturated rings. The number of ether oxygens (including phenoxy) is 1. The molecule has 2 nitrogen and oxygen atoms in total. The second kappa shape index (κ2) is 7.11. The molecule has 100 valence electrons. The number of halogens is 2. The molecular formula is C14H19F2NO. The molecule has 0 unspecified atom stereocenters. The molecule has 0 heterocycles. The number of benzene rings is 1. The van der Waals surface area contributed by atoms with E-state index in [9.17, 15) is 8.78 Å². The Bertz CT molecular complexity index is 393. The number of alkyl halides is 2. The van der Waals surface area contributed by atoms with Gasteiger partial charge in [0, 0.05) is 6.54 Å². The maximum Gasteiger partial charge on any atom is 0.387 e. The molecule has 1 aromatic carbocycles. The molecule has 0 aromatic heterocycles. The van der Waals surface area contributed by atoms with Crippen molar-refractivity contribution in [3.05, 3.63) is 34.9 Å². The quantitative estimate of drug-likeness (QED) is 0.785. The van der Waals surface area contributed by atoms with Crippen LogP contribution in [-0.2, 0) is 0 Å². The zero-order valence-corrected chi connectivity index (χ0v) is 11.0. The van der Waals surface area contributed by atoms with E-state index in [0.717, 1.165) is 29.8 Å². The zero-order chi connectivity index (χ0) is 13.5. The summed E-state index contributed by atoms with van der Waals surface area (Å²) < 4.78 is 29.0. The van der Waals surface area contributed by atoms with Gasteiger partial charge < -0.3 is 10.1 Å². The van der Waals surface area contributed by atoms with E-state index in [2.05, 4.69) is 10.1 Å². The Kier molecular flexibility index (Phi) is 5.78. The average molecular weight is 255 g/mol. The molecule has 0 aliphatic heterocycles. The number of likely N-dealkylation sites (N-methyl/N-ethyl adjacent to an activating group) is 1. The fraction of sp³-hybridized carbons (Fsp3) is 0.429. The molecule has 0 aliphatic rings. The Morgan fingerprint density at radius 3 is 2.39 bits per heavy atom. The summed E-state index contributed by atoms with van der Waals surface area (Å²) in [5.41, 5.74) is 2.43. The average Bonchev–Trinajstić information content (AvgIpc) is 2.29. The second-order valence-corrected chi connectivity index (χ2v) is 4.07. The number of rotatable bonds is 6. The predicted molar refractivity (Wildman–Crippen MR) is 70.1 cm³/mol. The lowest BCUT2D eigenvalue weighted by molar-refractivity contribution is -0.0507. The van der Waals surface area contributed by atoms with E-state index in [0.29, 0.717) is 0 Å². The standard InChI is InChI=1S/C14H19F2NO/c1-4-17-7-5-6-12-8-10(2)13(11(3)9-12)18-14(15)16/h5-6,8-9,14,17H,4,7H2,1-3H3. The number of nitrogens with one attached hydrogen (secondary N) is 1. The van der Waals surface area contributed by atoms with Crippen LogP contribution < -0.4 is 10.1 Å². The first-order valence-corrected chi connectivity index (χ1v) is 5.98. The van der Waals surface area contributed by atoms with Crippen molar-refractivity contribution in [2.75, 3.05) is 13.1 Å². The normalized spacial score (nSPS) is 11.4. The number of aryl methyl sites for hydroxylation is 2. The molecule has 1 N–H and O–H groups in total. The first-order chi connectivity index (χ1) is 8.54. The summed E-state index contributed by atoms with van der Waals surface area (Å²) in [4.78, 5) is 0. The predicted octanol–water partition coefficient (Wildman–Crippen LogP) is 3.53. The first-order valence-electron chi connectivity index (χ1n) is 5.98. The third kappa shape index (κ3) is 4.45. The summed E-state index contributed by atoms with van der Waals surface area (Å²) in [7, 11) is 0. The van der Waals surface area contributed by atoms with Gasteiger partial charge in [-0.1, -0.05) is 19.1 Å². The van der Waals surface area contributed by atoms with Crippen LogP contribution in [0, 0.1) is 13.8 Å². The second-order valence-electron chi connectivity index (χ2n) is 4.07. The third-order valence-corrected chi connectivity index (χ3v) is 2.51. The van der Waals surface area contributed by atoms with Crippen LogP contribution in [0.3, 0.4) is 0 Å². The minimum Gasteiger partial charge on any atom is -0.434 e. The van der Waals surface area contributed by atoms with E-state index in [-0.39, 0.29) is 5.75 Å². The molecular weight excluding hydrogens is 236 g/mol. The largest absolute Gasteiger partial charge is 0.434 e. The SMILES string of the molecule is CCNCC=Cc1cc(C)c(OC(F)F)c(C)c1. The Morgan fingerprint density at radius 1 is 1.28 bits per heavy atom. The summed E-state index contributed by atoms with van der Waals surface area (Å²) >= 11 is 0. The summed E-state index contributed by atoms with van der Waals surface area (Å²) in [6.07, 6.45) is 3.97. The summed E-state index contributed by atoms with van der Waals surface area (Å²) in [5.74, 6) is 0.272. The highest BCUT2D eigenvalue weighted by Crippen LogP contribution is 2.26. The van der Waals surface area contributed by atoms with Crippen molar-refractivity contribution in [3.8, 4) is 5.75 Å². The summed E-state index contributed by atoms with van der Waals surface area (Å²) in [5, 5.41) is 3.17. The van der Waals surface area contributed by atoms with Gasteiger partial charge in [0.15, 0.2) is 0 Å². The van der Waals surface area contributed by atoms with Gasteiger partial charge in [-0.05, 0) is 49.2 Å². The first kappa shape index (κ1) is 14.6. The molecule has 0 radical (unpaired) electrons. The van der Waals surface area contributed by atoms with Crippen LogP contribution in [0.5, 0.6) is 5.75 Å². The topological polar surface area (TPSA) is 21.3 Å². The Balaban J connectivity index is 2.82. The van der Waals surface area contributed by atoms with Crippen molar-refractivity contribution in [1.82, 2.24) is 5.32 Å². The monoisotopic (exact) mass is 255 g/mol. The highest BCUT2D eigenvalue weighted by atomic mass is 19.3. The maximum absolute atomic E-state index is 12.2. The molecule has 0 saturated heterocycles. The molecule has 0 aliphatic carbocycles. The molecule has 0 atom stereocenters. The van der Waals surface area contributed by atoms with Gasteiger partial charge in [0.05, 0.1) is 0 Å². The lowest BCUT2D eigenvalue weighted by atomic mass is 10.1. The van der Waals surface area contributed by atoms with E-state index in [4.69, 9.17) is 0 Å². The lowest BCUT2D eigenvalue weighted by Crippen LogP contribution is -2.11. The highest BCUT2D eigenvalue weighted by molar-refractivity contribution is 5.56. The van der Waals surface area contributed by atoms with Crippen LogP contribution >= 0.6 is 0 Å². The number of hydrogen-bond acceptors (Lipinski definition) is 2. The molecule has 0 spiro atoms.